The predicted molar refractivity (Wildman–Crippen MR) is 76.8 cm³/mol. The molecule has 102 valence electrons. The second-order valence-corrected chi connectivity index (χ2v) is 6.18. The van der Waals surface area contributed by atoms with Gasteiger partial charge in [-0.1, -0.05) is 32.4 Å². The Bertz CT molecular complexity index is 579. The first-order valence-corrected chi connectivity index (χ1v) is 6.66. The number of halogens is 1. The SMILES string of the molecule is Cn1c(C(C)(C)C)c(Oc2ccc(Cl)cc2)c[n+]1C. The first-order valence-electron chi connectivity index (χ1n) is 6.28. The number of aromatic nitrogens is 2. The maximum Gasteiger partial charge on any atom is 0.238 e. The summed E-state index contributed by atoms with van der Waals surface area (Å²) in [5, 5.41) is 0.710. The molecular weight excluding hydrogens is 260 g/mol. The maximum atomic E-state index is 5.99. The zero-order chi connectivity index (χ0) is 14.2. The van der Waals surface area contributed by atoms with Crippen LogP contribution in [0.2, 0.25) is 5.02 Å². The van der Waals surface area contributed by atoms with Gasteiger partial charge in [-0.2, -0.15) is 4.68 Å². The summed E-state index contributed by atoms with van der Waals surface area (Å²) in [5.41, 5.74) is 1.17. The van der Waals surface area contributed by atoms with Crippen molar-refractivity contribution in [2.24, 2.45) is 14.1 Å². The van der Waals surface area contributed by atoms with Crippen molar-refractivity contribution in [2.45, 2.75) is 26.2 Å². The molecule has 3 nitrogen and oxygen atoms in total. The molecule has 0 radical (unpaired) electrons. The lowest BCUT2D eigenvalue weighted by Gasteiger charge is -2.18. The van der Waals surface area contributed by atoms with Crippen LogP contribution in [0.5, 0.6) is 11.5 Å². The fraction of sp³-hybridized carbons (Fsp3) is 0.400. The smallest absolute Gasteiger partial charge is 0.238 e. The zero-order valence-electron chi connectivity index (χ0n) is 12.1. The molecule has 1 aromatic carbocycles. The summed E-state index contributed by atoms with van der Waals surface area (Å²) in [4.78, 5) is 0. The van der Waals surface area contributed by atoms with Gasteiger partial charge in [0.05, 0.1) is 7.05 Å². The van der Waals surface area contributed by atoms with Crippen LogP contribution in [0.3, 0.4) is 0 Å². The highest BCUT2D eigenvalue weighted by molar-refractivity contribution is 6.30. The van der Waals surface area contributed by atoms with Crippen LogP contribution in [0.1, 0.15) is 26.5 Å². The largest absolute Gasteiger partial charge is 0.449 e. The summed E-state index contributed by atoms with van der Waals surface area (Å²) in [6.07, 6.45) is 2.00. The van der Waals surface area contributed by atoms with Crippen molar-refractivity contribution >= 4 is 11.6 Å². The summed E-state index contributed by atoms with van der Waals surface area (Å²) >= 11 is 5.88. The van der Waals surface area contributed by atoms with E-state index in [0.717, 1.165) is 17.2 Å². The van der Waals surface area contributed by atoms with Crippen molar-refractivity contribution in [1.29, 1.82) is 0 Å². The van der Waals surface area contributed by atoms with E-state index in [-0.39, 0.29) is 5.41 Å². The Kier molecular flexibility index (Phi) is 3.59. The van der Waals surface area contributed by atoms with Gasteiger partial charge in [0, 0.05) is 10.4 Å². The minimum Gasteiger partial charge on any atom is -0.449 e. The van der Waals surface area contributed by atoms with Crippen LogP contribution in [0.15, 0.2) is 30.5 Å². The Morgan fingerprint density at radius 2 is 1.74 bits per heavy atom. The first kappa shape index (κ1) is 13.9. The molecule has 0 saturated heterocycles. The highest BCUT2D eigenvalue weighted by Crippen LogP contribution is 2.33. The van der Waals surface area contributed by atoms with Gasteiger partial charge in [0.25, 0.3) is 0 Å². The fourth-order valence-electron chi connectivity index (χ4n) is 2.19. The van der Waals surface area contributed by atoms with Crippen LogP contribution in [0, 0.1) is 0 Å². The summed E-state index contributed by atoms with van der Waals surface area (Å²) < 4.78 is 10.1. The molecule has 0 aliphatic heterocycles. The first-order chi connectivity index (χ1) is 8.79. The van der Waals surface area contributed by atoms with Gasteiger partial charge in [0.2, 0.25) is 11.9 Å². The minimum atomic E-state index is 0.0117. The molecule has 0 N–H and O–H groups in total. The molecule has 19 heavy (non-hydrogen) atoms. The van der Waals surface area contributed by atoms with Crippen LogP contribution in [-0.4, -0.2) is 4.68 Å². The van der Waals surface area contributed by atoms with E-state index in [9.17, 15) is 0 Å². The van der Waals surface area contributed by atoms with Crippen molar-refractivity contribution in [3.05, 3.63) is 41.2 Å². The van der Waals surface area contributed by atoms with E-state index in [1.165, 1.54) is 0 Å². The third kappa shape index (κ3) is 2.92. The Hall–Kier alpha value is -1.48. The van der Waals surface area contributed by atoms with E-state index in [4.69, 9.17) is 16.3 Å². The second kappa shape index (κ2) is 4.89. The molecule has 0 fully saturated rings. The van der Waals surface area contributed by atoms with Gasteiger partial charge in [-0.25, -0.2) is 0 Å². The van der Waals surface area contributed by atoms with Crippen molar-refractivity contribution < 1.29 is 9.42 Å². The van der Waals surface area contributed by atoms with E-state index in [2.05, 4.69) is 25.5 Å². The number of benzene rings is 1. The van der Waals surface area contributed by atoms with Gasteiger partial charge in [-0.15, -0.1) is 4.68 Å². The van der Waals surface area contributed by atoms with Crippen molar-refractivity contribution in [2.75, 3.05) is 0 Å². The van der Waals surface area contributed by atoms with Crippen LogP contribution in [0.25, 0.3) is 0 Å². The van der Waals surface area contributed by atoms with Crippen LogP contribution >= 0.6 is 11.6 Å². The molecule has 0 atom stereocenters. The van der Waals surface area contributed by atoms with E-state index >= 15 is 0 Å². The Labute approximate surface area is 119 Å². The molecule has 0 aliphatic carbocycles. The number of nitrogens with zero attached hydrogens (tertiary/aromatic N) is 2. The van der Waals surface area contributed by atoms with Gasteiger partial charge < -0.3 is 4.74 Å². The molecule has 0 aliphatic rings. The molecule has 0 spiro atoms. The average Bonchev–Trinajstić information content (AvgIpc) is 2.57. The average molecular weight is 280 g/mol. The predicted octanol–water partition coefficient (Wildman–Crippen LogP) is 3.59. The summed E-state index contributed by atoms with van der Waals surface area (Å²) in [6, 6.07) is 7.41. The molecule has 2 aromatic rings. The Morgan fingerprint density at radius 3 is 2.26 bits per heavy atom. The van der Waals surface area contributed by atoms with Crippen molar-refractivity contribution in [3.8, 4) is 11.5 Å². The molecule has 1 aromatic heterocycles. The molecule has 1 heterocycles. The molecule has 0 amide bonds. The monoisotopic (exact) mass is 279 g/mol. The Morgan fingerprint density at radius 1 is 1.16 bits per heavy atom. The number of ether oxygens (including phenoxy) is 1. The van der Waals surface area contributed by atoms with E-state index in [0.29, 0.717) is 5.02 Å². The third-order valence-electron chi connectivity index (χ3n) is 3.09. The number of rotatable bonds is 2. The molecule has 2 rings (SSSR count). The maximum absolute atomic E-state index is 5.99. The summed E-state index contributed by atoms with van der Waals surface area (Å²) in [7, 11) is 4.04. The van der Waals surface area contributed by atoms with Crippen LogP contribution < -0.4 is 9.42 Å². The molecular formula is C15H20ClN2O+. The van der Waals surface area contributed by atoms with Gasteiger partial charge >= 0.3 is 0 Å². The lowest BCUT2D eigenvalue weighted by Crippen LogP contribution is -2.38. The summed E-state index contributed by atoms with van der Waals surface area (Å²) in [6.45, 7) is 6.53. The van der Waals surface area contributed by atoms with Crippen LogP contribution in [0.4, 0.5) is 0 Å². The van der Waals surface area contributed by atoms with E-state index in [1.54, 1.807) is 0 Å². The van der Waals surface area contributed by atoms with E-state index in [1.807, 2.05) is 49.2 Å². The highest BCUT2D eigenvalue weighted by Gasteiger charge is 2.29. The van der Waals surface area contributed by atoms with Crippen molar-refractivity contribution in [1.82, 2.24) is 4.68 Å². The molecule has 0 unspecified atom stereocenters. The lowest BCUT2D eigenvalue weighted by molar-refractivity contribution is -0.752. The lowest BCUT2D eigenvalue weighted by atomic mass is 9.91. The van der Waals surface area contributed by atoms with E-state index < -0.39 is 0 Å². The highest BCUT2D eigenvalue weighted by atomic mass is 35.5. The standard InChI is InChI=1S/C15H20ClN2O/c1-15(2,3)14-13(10-17(4)18(14)5)19-12-8-6-11(16)7-9-12/h6-10H,1-5H3/q+1. The Balaban J connectivity index is 2.40. The third-order valence-corrected chi connectivity index (χ3v) is 3.34. The van der Waals surface area contributed by atoms with Crippen LogP contribution in [-0.2, 0) is 19.5 Å². The fourth-order valence-corrected chi connectivity index (χ4v) is 2.32. The van der Waals surface area contributed by atoms with Crippen molar-refractivity contribution in [3.63, 3.8) is 0 Å². The minimum absolute atomic E-state index is 0.0117. The number of aryl methyl sites for hydroxylation is 1. The second-order valence-electron chi connectivity index (χ2n) is 5.75. The molecule has 0 bridgehead atoms. The van der Waals surface area contributed by atoms with Gasteiger partial charge in [0.15, 0.2) is 7.05 Å². The normalized spacial score (nSPS) is 11.7. The summed E-state index contributed by atoms with van der Waals surface area (Å²) in [5.74, 6) is 1.67. The molecule has 0 saturated carbocycles. The topological polar surface area (TPSA) is 18.0 Å². The van der Waals surface area contributed by atoms with Gasteiger partial charge in [-0.3, -0.25) is 0 Å². The quantitative estimate of drug-likeness (QED) is 0.768. The zero-order valence-corrected chi connectivity index (χ0v) is 12.8. The molecule has 4 heteroatoms. The number of hydrogen-bond acceptors (Lipinski definition) is 1. The number of hydrogen-bond donors (Lipinski definition) is 0. The van der Waals surface area contributed by atoms with Gasteiger partial charge in [-0.05, 0) is 24.3 Å². The van der Waals surface area contributed by atoms with Gasteiger partial charge in [0.1, 0.15) is 11.4 Å².